The van der Waals surface area contributed by atoms with Crippen LogP contribution in [-0.4, -0.2) is 42.5 Å². The molecule has 0 bridgehead atoms. The number of aldehydes is 1. The van der Waals surface area contributed by atoms with Gasteiger partial charge < -0.3 is 16.4 Å². The summed E-state index contributed by atoms with van der Waals surface area (Å²) in [6.07, 6.45) is 10.5. The maximum absolute atomic E-state index is 11.4. The first-order chi connectivity index (χ1) is 14.0. The van der Waals surface area contributed by atoms with Crippen LogP contribution in [-0.2, 0) is 4.79 Å². The number of nitrogens with two attached hydrogens (primary N) is 1. The predicted octanol–water partition coefficient (Wildman–Crippen LogP) is 4.52. The first kappa shape index (κ1) is 29.5. The van der Waals surface area contributed by atoms with Gasteiger partial charge in [0.25, 0.3) is 0 Å². The van der Waals surface area contributed by atoms with Crippen LogP contribution in [0.15, 0.2) is 6.07 Å². The second kappa shape index (κ2) is 22.6. The van der Waals surface area contributed by atoms with Crippen LogP contribution in [0.5, 0.6) is 0 Å². The minimum atomic E-state index is -0.0963. The molecule has 1 heterocycles. The van der Waals surface area contributed by atoms with E-state index in [9.17, 15) is 9.59 Å². The van der Waals surface area contributed by atoms with Gasteiger partial charge in [0.05, 0.1) is 5.69 Å². The SMILES string of the molecule is CCC(C)CCNC.CCCCC.NCCCCCC(=O)Nc1cc(C=O)[nH]n1. The molecule has 1 amide bonds. The van der Waals surface area contributed by atoms with Crippen molar-refractivity contribution in [1.29, 1.82) is 0 Å². The quantitative estimate of drug-likeness (QED) is 0.281. The van der Waals surface area contributed by atoms with Crippen molar-refractivity contribution < 1.29 is 9.59 Å². The third-order valence-electron chi connectivity index (χ3n) is 4.39. The largest absolute Gasteiger partial charge is 0.330 e. The molecule has 1 aromatic heterocycles. The van der Waals surface area contributed by atoms with E-state index in [1.165, 1.54) is 38.2 Å². The summed E-state index contributed by atoms with van der Waals surface area (Å²) >= 11 is 0. The minimum Gasteiger partial charge on any atom is -0.330 e. The van der Waals surface area contributed by atoms with Gasteiger partial charge in [0.2, 0.25) is 5.91 Å². The van der Waals surface area contributed by atoms with E-state index in [1.807, 2.05) is 7.05 Å². The van der Waals surface area contributed by atoms with Crippen molar-refractivity contribution in [3.8, 4) is 0 Å². The number of aromatic nitrogens is 2. The standard InChI is InChI=1S/C10H16N4O2.C7H17N.C5H12/c11-5-3-1-2-4-10(16)12-9-6-8(7-15)13-14-9;1-4-7(2)5-6-8-3;1-3-5-4-2/h6-7H,1-5,11H2,(H2,12,13,14,16);7-8H,4-6H2,1-3H3;3-5H2,1-2H3. The molecule has 0 fully saturated rings. The van der Waals surface area contributed by atoms with Crippen LogP contribution in [0.2, 0.25) is 0 Å². The number of nitrogens with zero attached hydrogens (tertiary/aromatic N) is 1. The number of aromatic amines is 1. The molecule has 0 aliphatic rings. The lowest BCUT2D eigenvalue weighted by atomic mass is 10.1. The van der Waals surface area contributed by atoms with E-state index in [1.54, 1.807) is 0 Å². The van der Waals surface area contributed by atoms with Crippen LogP contribution >= 0.6 is 0 Å². The van der Waals surface area contributed by atoms with Crippen LogP contribution in [0.1, 0.15) is 96.0 Å². The lowest BCUT2D eigenvalue weighted by Crippen LogP contribution is -2.11. The van der Waals surface area contributed by atoms with Gasteiger partial charge in [-0.2, -0.15) is 5.10 Å². The van der Waals surface area contributed by atoms with Gasteiger partial charge in [-0.05, 0) is 45.3 Å². The summed E-state index contributed by atoms with van der Waals surface area (Å²) in [6.45, 7) is 10.8. The molecule has 0 aromatic carbocycles. The van der Waals surface area contributed by atoms with Crippen LogP contribution in [0.3, 0.4) is 0 Å². The predicted molar refractivity (Wildman–Crippen MR) is 123 cm³/mol. The highest BCUT2D eigenvalue weighted by atomic mass is 16.1. The van der Waals surface area contributed by atoms with Crippen LogP contribution in [0, 0.1) is 5.92 Å². The third-order valence-corrected chi connectivity index (χ3v) is 4.39. The number of unbranched alkanes of at least 4 members (excludes halogenated alkanes) is 4. The van der Waals surface area contributed by atoms with Gasteiger partial charge in [0.15, 0.2) is 12.1 Å². The fraction of sp³-hybridized carbons (Fsp3) is 0.773. The second-order valence-electron chi connectivity index (χ2n) is 7.23. The fourth-order valence-corrected chi connectivity index (χ4v) is 2.22. The van der Waals surface area contributed by atoms with E-state index >= 15 is 0 Å². The third kappa shape index (κ3) is 20.8. The highest BCUT2D eigenvalue weighted by Crippen LogP contribution is 2.06. The molecule has 1 rings (SSSR count). The molecule has 7 heteroatoms. The van der Waals surface area contributed by atoms with E-state index in [4.69, 9.17) is 5.73 Å². The zero-order valence-electron chi connectivity index (χ0n) is 19.4. The van der Waals surface area contributed by atoms with E-state index in [0.717, 1.165) is 31.7 Å². The number of H-pyrrole nitrogens is 1. The molecule has 0 saturated carbocycles. The summed E-state index contributed by atoms with van der Waals surface area (Å²) in [6, 6.07) is 1.49. The highest BCUT2D eigenvalue weighted by molar-refractivity contribution is 5.90. The Kier molecular flexibility index (Phi) is 22.9. The summed E-state index contributed by atoms with van der Waals surface area (Å²) in [5.74, 6) is 1.18. The van der Waals surface area contributed by atoms with Gasteiger partial charge in [-0.1, -0.05) is 59.8 Å². The Bertz CT molecular complexity index is 489. The molecule has 7 nitrogen and oxygen atoms in total. The normalized spacial score (nSPS) is 10.8. The van der Waals surface area contributed by atoms with Crippen LogP contribution < -0.4 is 16.4 Å². The average Bonchev–Trinajstić information content (AvgIpc) is 3.18. The number of hydrogen-bond acceptors (Lipinski definition) is 5. The molecule has 0 aliphatic heterocycles. The van der Waals surface area contributed by atoms with Gasteiger partial charge in [0.1, 0.15) is 0 Å². The summed E-state index contributed by atoms with van der Waals surface area (Å²) in [4.78, 5) is 21.7. The maximum atomic E-state index is 11.4. The number of rotatable bonds is 13. The van der Waals surface area contributed by atoms with E-state index < -0.39 is 0 Å². The maximum Gasteiger partial charge on any atom is 0.225 e. The molecule has 0 aliphatic carbocycles. The number of nitrogens with one attached hydrogen (secondary N) is 3. The second-order valence-corrected chi connectivity index (χ2v) is 7.23. The molecular weight excluding hydrogens is 366 g/mol. The van der Waals surface area contributed by atoms with Crippen molar-refractivity contribution in [2.75, 3.05) is 25.5 Å². The first-order valence-corrected chi connectivity index (χ1v) is 11.1. The Hall–Kier alpha value is -1.73. The smallest absolute Gasteiger partial charge is 0.225 e. The van der Waals surface area contributed by atoms with Crippen molar-refractivity contribution >= 4 is 18.0 Å². The van der Waals surface area contributed by atoms with Crippen molar-refractivity contribution in [2.45, 2.75) is 85.5 Å². The number of carbonyl (C=O) groups is 2. The van der Waals surface area contributed by atoms with Crippen molar-refractivity contribution in [3.63, 3.8) is 0 Å². The topological polar surface area (TPSA) is 113 Å². The molecule has 1 unspecified atom stereocenters. The molecule has 5 N–H and O–H groups in total. The van der Waals surface area contributed by atoms with Gasteiger partial charge >= 0.3 is 0 Å². The summed E-state index contributed by atoms with van der Waals surface area (Å²) in [5.41, 5.74) is 5.69. The molecule has 1 atom stereocenters. The molecule has 0 spiro atoms. The lowest BCUT2D eigenvalue weighted by molar-refractivity contribution is -0.116. The Morgan fingerprint density at radius 2 is 1.90 bits per heavy atom. The van der Waals surface area contributed by atoms with E-state index in [2.05, 4.69) is 48.5 Å². The molecule has 0 saturated heterocycles. The number of carbonyl (C=O) groups excluding carboxylic acids is 2. The Labute approximate surface area is 178 Å². The van der Waals surface area contributed by atoms with E-state index in [-0.39, 0.29) is 5.91 Å². The first-order valence-electron chi connectivity index (χ1n) is 11.1. The molecular formula is C22H45N5O2. The van der Waals surface area contributed by atoms with Gasteiger partial charge in [-0.25, -0.2) is 0 Å². The van der Waals surface area contributed by atoms with Crippen molar-refractivity contribution in [2.24, 2.45) is 11.7 Å². The Morgan fingerprint density at radius 3 is 2.34 bits per heavy atom. The Morgan fingerprint density at radius 1 is 1.21 bits per heavy atom. The molecule has 170 valence electrons. The zero-order valence-corrected chi connectivity index (χ0v) is 19.4. The van der Waals surface area contributed by atoms with Crippen LogP contribution in [0.25, 0.3) is 0 Å². The fourth-order valence-electron chi connectivity index (χ4n) is 2.22. The monoisotopic (exact) mass is 411 g/mol. The van der Waals surface area contributed by atoms with Crippen LogP contribution in [0.4, 0.5) is 5.82 Å². The molecule has 0 radical (unpaired) electrons. The highest BCUT2D eigenvalue weighted by Gasteiger charge is 2.05. The summed E-state index contributed by atoms with van der Waals surface area (Å²) < 4.78 is 0. The van der Waals surface area contributed by atoms with Gasteiger partial charge in [0, 0.05) is 12.5 Å². The lowest BCUT2D eigenvalue weighted by Gasteiger charge is -2.05. The minimum absolute atomic E-state index is 0.0963. The van der Waals surface area contributed by atoms with E-state index in [0.29, 0.717) is 30.8 Å². The zero-order chi connectivity index (χ0) is 22.3. The Balaban J connectivity index is 0. The van der Waals surface area contributed by atoms with Crippen molar-refractivity contribution in [3.05, 3.63) is 11.8 Å². The number of amides is 1. The number of hydrogen-bond donors (Lipinski definition) is 4. The summed E-state index contributed by atoms with van der Waals surface area (Å²) in [5, 5.41) is 12.0. The van der Waals surface area contributed by atoms with Gasteiger partial charge in [-0.3, -0.25) is 14.7 Å². The molecule has 29 heavy (non-hydrogen) atoms. The molecule has 1 aromatic rings. The van der Waals surface area contributed by atoms with Crippen molar-refractivity contribution in [1.82, 2.24) is 15.5 Å². The number of anilines is 1. The average molecular weight is 412 g/mol. The van der Waals surface area contributed by atoms with Gasteiger partial charge in [-0.15, -0.1) is 0 Å². The summed E-state index contributed by atoms with van der Waals surface area (Å²) in [7, 11) is 2.00.